The first-order valence-corrected chi connectivity index (χ1v) is 11.2. The molecule has 0 bridgehead atoms. The van der Waals surface area contributed by atoms with Gasteiger partial charge in [-0.3, -0.25) is 9.20 Å². The lowest BCUT2D eigenvalue weighted by Gasteiger charge is -2.25. The van der Waals surface area contributed by atoms with Crippen molar-refractivity contribution in [1.29, 1.82) is 0 Å². The highest BCUT2D eigenvalue weighted by Crippen LogP contribution is 2.38. The van der Waals surface area contributed by atoms with Crippen LogP contribution in [0.4, 0.5) is 16.0 Å². The van der Waals surface area contributed by atoms with Crippen molar-refractivity contribution in [1.82, 2.24) is 19.4 Å². The Bertz CT molecular complexity index is 1310. The molecule has 1 aliphatic carbocycles. The van der Waals surface area contributed by atoms with Crippen LogP contribution in [0.2, 0.25) is 0 Å². The fraction of sp³-hybridized carbons (Fsp3) is 0.280. The van der Waals surface area contributed by atoms with Gasteiger partial charge in [-0.25, -0.2) is 19.3 Å². The van der Waals surface area contributed by atoms with Crippen LogP contribution in [0.25, 0.3) is 16.8 Å². The van der Waals surface area contributed by atoms with Gasteiger partial charge in [0.15, 0.2) is 0 Å². The van der Waals surface area contributed by atoms with Crippen LogP contribution < -0.4 is 11.1 Å². The quantitative estimate of drug-likeness (QED) is 0.459. The summed E-state index contributed by atoms with van der Waals surface area (Å²) in [7, 11) is 0. The Morgan fingerprint density at radius 2 is 1.94 bits per heavy atom. The van der Waals surface area contributed by atoms with E-state index in [1.807, 2.05) is 10.6 Å². The summed E-state index contributed by atoms with van der Waals surface area (Å²) >= 11 is 0. The zero-order valence-electron chi connectivity index (χ0n) is 18.3. The van der Waals surface area contributed by atoms with Crippen molar-refractivity contribution < 1.29 is 9.18 Å². The zero-order valence-corrected chi connectivity index (χ0v) is 18.3. The molecule has 33 heavy (non-hydrogen) atoms. The van der Waals surface area contributed by atoms with Crippen molar-refractivity contribution >= 4 is 23.1 Å². The molecular weight excluding hydrogens is 419 g/mol. The summed E-state index contributed by atoms with van der Waals surface area (Å²) in [6.45, 7) is 2.28. The van der Waals surface area contributed by atoms with Gasteiger partial charge < -0.3 is 11.1 Å². The summed E-state index contributed by atoms with van der Waals surface area (Å²) < 4.78 is 17.0. The van der Waals surface area contributed by atoms with Crippen LogP contribution in [-0.2, 0) is 0 Å². The van der Waals surface area contributed by atoms with E-state index >= 15 is 4.39 Å². The van der Waals surface area contributed by atoms with Crippen molar-refractivity contribution in [2.24, 2.45) is 5.92 Å². The summed E-state index contributed by atoms with van der Waals surface area (Å²) in [5.41, 5.74) is 7.94. The van der Waals surface area contributed by atoms with E-state index in [-0.39, 0.29) is 5.56 Å². The minimum absolute atomic E-state index is 0.0690. The SMILES string of the molecule is CC1CCC(c2nc(-c3ccc(C(=O)Nc4ccccn4)c(F)c3)c3c(N)nccn23)CC1. The number of fused-ring (bicyclic) bond motifs is 1. The first kappa shape index (κ1) is 21.1. The second kappa shape index (κ2) is 8.61. The Labute approximate surface area is 190 Å². The number of nitrogens with two attached hydrogens (primary N) is 1. The predicted octanol–water partition coefficient (Wildman–Crippen LogP) is 5.06. The molecule has 1 amide bonds. The zero-order chi connectivity index (χ0) is 22.9. The third-order valence-corrected chi connectivity index (χ3v) is 6.39. The number of carbonyl (C=O) groups is 1. The number of hydrogen-bond donors (Lipinski definition) is 2. The molecule has 1 aromatic carbocycles. The largest absolute Gasteiger partial charge is 0.382 e. The highest BCUT2D eigenvalue weighted by Gasteiger charge is 2.26. The number of anilines is 2. The Hall–Kier alpha value is -3.81. The summed E-state index contributed by atoms with van der Waals surface area (Å²) in [5, 5.41) is 2.61. The summed E-state index contributed by atoms with van der Waals surface area (Å²) in [4.78, 5) is 25.7. The second-order valence-electron chi connectivity index (χ2n) is 8.67. The number of carbonyl (C=O) groups excluding carboxylic acids is 1. The van der Waals surface area contributed by atoms with Gasteiger partial charge in [0, 0.05) is 30.1 Å². The van der Waals surface area contributed by atoms with E-state index in [1.54, 1.807) is 36.7 Å². The molecule has 0 aliphatic heterocycles. The molecule has 0 radical (unpaired) electrons. The predicted molar refractivity (Wildman–Crippen MR) is 125 cm³/mol. The number of nitrogens with zero attached hydrogens (tertiary/aromatic N) is 4. The molecule has 1 fully saturated rings. The standard InChI is InChI=1S/C25H25FN6O/c1-15-5-7-16(8-6-15)24-31-21(22-23(27)29-12-13-32(22)24)17-9-10-18(19(26)14-17)25(33)30-20-4-2-3-11-28-20/h2-4,9-16H,5-8H2,1H3,(H2,27,29)(H,28,30,33). The van der Waals surface area contributed by atoms with Crippen LogP contribution in [0, 0.1) is 11.7 Å². The number of amides is 1. The maximum absolute atomic E-state index is 15.0. The molecule has 3 heterocycles. The minimum atomic E-state index is -0.641. The van der Waals surface area contributed by atoms with E-state index in [2.05, 4.69) is 22.2 Å². The first-order chi connectivity index (χ1) is 16.0. The second-order valence-corrected chi connectivity index (χ2v) is 8.67. The van der Waals surface area contributed by atoms with Gasteiger partial charge in [0.05, 0.1) is 5.56 Å². The summed E-state index contributed by atoms with van der Waals surface area (Å²) in [5.74, 6) is 1.46. The Kier molecular flexibility index (Phi) is 5.50. The van der Waals surface area contributed by atoms with Crippen LogP contribution in [0.3, 0.4) is 0 Å². The molecular formula is C25H25FN6O. The first-order valence-electron chi connectivity index (χ1n) is 11.2. The van der Waals surface area contributed by atoms with Gasteiger partial charge in [0.1, 0.15) is 34.5 Å². The number of imidazole rings is 1. The molecule has 5 rings (SSSR count). The van der Waals surface area contributed by atoms with E-state index in [1.165, 1.54) is 12.1 Å². The average molecular weight is 445 g/mol. The average Bonchev–Trinajstić information content (AvgIpc) is 3.21. The summed E-state index contributed by atoms with van der Waals surface area (Å²) in [6.07, 6.45) is 9.51. The molecule has 4 aromatic rings. The van der Waals surface area contributed by atoms with Gasteiger partial charge in [0.2, 0.25) is 0 Å². The molecule has 0 atom stereocenters. The molecule has 3 N–H and O–H groups in total. The smallest absolute Gasteiger partial charge is 0.259 e. The highest BCUT2D eigenvalue weighted by atomic mass is 19.1. The molecule has 8 heteroatoms. The van der Waals surface area contributed by atoms with E-state index in [0.29, 0.717) is 34.3 Å². The monoisotopic (exact) mass is 444 g/mol. The fourth-order valence-corrected chi connectivity index (χ4v) is 4.56. The molecule has 0 saturated heterocycles. The number of halogens is 1. The number of rotatable bonds is 4. The third-order valence-electron chi connectivity index (χ3n) is 6.39. The number of nitrogen functional groups attached to an aromatic ring is 1. The van der Waals surface area contributed by atoms with Crippen molar-refractivity contribution in [3.63, 3.8) is 0 Å². The molecule has 3 aromatic heterocycles. The lowest BCUT2D eigenvalue weighted by Crippen LogP contribution is -2.14. The lowest BCUT2D eigenvalue weighted by atomic mass is 9.82. The van der Waals surface area contributed by atoms with E-state index in [0.717, 1.165) is 37.4 Å². The topological polar surface area (TPSA) is 98.2 Å². The molecule has 0 unspecified atom stereocenters. The fourth-order valence-electron chi connectivity index (χ4n) is 4.56. The van der Waals surface area contributed by atoms with Gasteiger partial charge in [-0.2, -0.15) is 0 Å². The minimum Gasteiger partial charge on any atom is -0.382 e. The Morgan fingerprint density at radius 3 is 2.67 bits per heavy atom. The summed E-state index contributed by atoms with van der Waals surface area (Å²) in [6, 6.07) is 9.61. The number of pyridine rings is 1. The molecule has 7 nitrogen and oxygen atoms in total. The van der Waals surface area contributed by atoms with E-state index in [9.17, 15) is 4.79 Å². The lowest BCUT2D eigenvalue weighted by molar-refractivity contribution is 0.102. The van der Waals surface area contributed by atoms with Gasteiger partial charge in [-0.15, -0.1) is 0 Å². The maximum Gasteiger partial charge on any atom is 0.259 e. The van der Waals surface area contributed by atoms with Crippen LogP contribution in [-0.4, -0.2) is 25.3 Å². The van der Waals surface area contributed by atoms with Crippen LogP contribution in [0.15, 0.2) is 55.0 Å². The normalized spacial score (nSPS) is 18.4. The Balaban J connectivity index is 1.51. The third kappa shape index (κ3) is 4.04. The number of benzene rings is 1. The molecule has 1 saturated carbocycles. The highest BCUT2D eigenvalue weighted by molar-refractivity contribution is 6.04. The number of nitrogens with one attached hydrogen (secondary N) is 1. The van der Waals surface area contributed by atoms with Gasteiger partial charge in [0.25, 0.3) is 5.91 Å². The van der Waals surface area contributed by atoms with Crippen LogP contribution in [0.1, 0.15) is 54.7 Å². The van der Waals surface area contributed by atoms with Gasteiger partial charge >= 0.3 is 0 Å². The number of hydrogen-bond acceptors (Lipinski definition) is 5. The van der Waals surface area contributed by atoms with Crippen LogP contribution in [0.5, 0.6) is 0 Å². The van der Waals surface area contributed by atoms with E-state index < -0.39 is 11.7 Å². The number of aromatic nitrogens is 4. The van der Waals surface area contributed by atoms with Gasteiger partial charge in [-0.05, 0) is 43.0 Å². The van der Waals surface area contributed by atoms with Crippen molar-refractivity contribution in [2.45, 2.75) is 38.5 Å². The molecule has 1 aliphatic rings. The van der Waals surface area contributed by atoms with Crippen LogP contribution >= 0.6 is 0 Å². The van der Waals surface area contributed by atoms with Crippen molar-refractivity contribution in [2.75, 3.05) is 11.1 Å². The Morgan fingerprint density at radius 1 is 1.12 bits per heavy atom. The van der Waals surface area contributed by atoms with Crippen molar-refractivity contribution in [3.8, 4) is 11.3 Å². The molecule has 0 spiro atoms. The van der Waals surface area contributed by atoms with Gasteiger partial charge in [-0.1, -0.05) is 31.9 Å². The van der Waals surface area contributed by atoms with E-state index in [4.69, 9.17) is 10.7 Å². The van der Waals surface area contributed by atoms with Crippen molar-refractivity contribution in [3.05, 3.63) is 72.2 Å². The maximum atomic E-state index is 15.0. The molecule has 168 valence electrons.